The van der Waals surface area contributed by atoms with E-state index < -0.39 is 18.0 Å². The summed E-state index contributed by atoms with van der Waals surface area (Å²) >= 11 is 6.99. The summed E-state index contributed by atoms with van der Waals surface area (Å²) < 4.78 is 12.2. The number of nitrogens with one attached hydrogen (secondary N) is 2. The summed E-state index contributed by atoms with van der Waals surface area (Å²) in [4.78, 5) is 36.5. The standard InChI is InChI=1S/C22H21Br2N3O5/c1-3-31-14-9-13(17(23)18(24)21(14)32-10-15(25)29)20-16(11(2)28)19(26-22(30)27-20)12-7-5-4-6-8-12/h4-9,20H,3,10H2,1-2H3,(H2,25,29)(H2,26,27,30)/t20-/m0/s1. The number of ether oxygens (including phenoxy) is 2. The Balaban J connectivity index is 2.21. The van der Waals surface area contributed by atoms with Crippen LogP contribution >= 0.6 is 31.9 Å². The molecule has 0 aliphatic carbocycles. The molecule has 3 amide bonds. The molecule has 0 saturated carbocycles. The molecule has 168 valence electrons. The van der Waals surface area contributed by atoms with Crippen molar-refractivity contribution in [1.29, 1.82) is 0 Å². The summed E-state index contributed by atoms with van der Waals surface area (Å²) in [6, 6.07) is 9.58. The Labute approximate surface area is 201 Å². The predicted molar refractivity (Wildman–Crippen MR) is 126 cm³/mol. The van der Waals surface area contributed by atoms with Gasteiger partial charge in [-0.1, -0.05) is 30.3 Å². The van der Waals surface area contributed by atoms with Crippen LogP contribution in [0, 0.1) is 0 Å². The van der Waals surface area contributed by atoms with Crippen LogP contribution in [0.3, 0.4) is 0 Å². The lowest BCUT2D eigenvalue weighted by Gasteiger charge is -2.31. The number of primary amides is 1. The van der Waals surface area contributed by atoms with E-state index in [0.717, 1.165) is 0 Å². The number of ketones is 1. The van der Waals surface area contributed by atoms with E-state index in [9.17, 15) is 14.4 Å². The van der Waals surface area contributed by atoms with Gasteiger partial charge in [0, 0.05) is 10.0 Å². The lowest BCUT2D eigenvalue weighted by molar-refractivity contribution is -0.120. The maximum Gasteiger partial charge on any atom is 0.320 e. The van der Waals surface area contributed by atoms with Gasteiger partial charge in [0.25, 0.3) is 5.91 Å². The second-order valence-electron chi connectivity index (χ2n) is 6.85. The smallest absolute Gasteiger partial charge is 0.320 e. The highest BCUT2D eigenvalue weighted by Gasteiger charge is 2.34. The fourth-order valence-corrected chi connectivity index (χ4v) is 4.43. The Morgan fingerprint density at radius 1 is 1.12 bits per heavy atom. The zero-order chi connectivity index (χ0) is 23.4. The van der Waals surface area contributed by atoms with Gasteiger partial charge in [-0.15, -0.1) is 0 Å². The van der Waals surface area contributed by atoms with Gasteiger partial charge in [-0.25, -0.2) is 4.79 Å². The van der Waals surface area contributed by atoms with Crippen LogP contribution < -0.4 is 25.8 Å². The fraction of sp³-hybridized carbons (Fsp3) is 0.227. The van der Waals surface area contributed by atoms with Gasteiger partial charge in [0.1, 0.15) is 0 Å². The summed E-state index contributed by atoms with van der Waals surface area (Å²) in [5.74, 6) is -0.246. The molecule has 3 rings (SSSR count). The van der Waals surface area contributed by atoms with Gasteiger partial charge in [-0.3, -0.25) is 9.59 Å². The van der Waals surface area contributed by atoms with Gasteiger partial charge in [0.05, 0.1) is 22.8 Å². The number of Topliss-reactive ketones (excluding diaryl/α,β-unsaturated/α-hetero) is 1. The van der Waals surface area contributed by atoms with Crippen LogP contribution in [0.1, 0.15) is 31.0 Å². The minimum absolute atomic E-state index is 0.212. The number of hydrogen-bond acceptors (Lipinski definition) is 5. The Hall–Kier alpha value is -2.85. The molecule has 8 nitrogen and oxygen atoms in total. The zero-order valence-electron chi connectivity index (χ0n) is 17.3. The number of halogens is 2. The number of urea groups is 1. The van der Waals surface area contributed by atoms with E-state index in [-0.39, 0.29) is 18.1 Å². The monoisotopic (exact) mass is 565 g/mol. The normalized spacial score (nSPS) is 15.6. The molecule has 1 heterocycles. The maximum absolute atomic E-state index is 12.7. The molecule has 0 bridgehead atoms. The topological polar surface area (TPSA) is 120 Å². The van der Waals surface area contributed by atoms with Gasteiger partial charge in [0.15, 0.2) is 23.9 Å². The average molecular weight is 567 g/mol. The van der Waals surface area contributed by atoms with Crippen molar-refractivity contribution in [3.63, 3.8) is 0 Å². The Morgan fingerprint density at radius 2 is 1.81 bits per heavy atom. The van der Waals surface area contributed by atoms with E-state index in [1.165, 1.54) is 6.92 Å². The van der Waals surface area contributed by atoms with Crippen molar-refractivity contribution in [3.05, 3.63) is 62.0 Å². The Kier molecular flexibility index (Phi) is 7.57. The van der Waals surface area contributed by atoms with Crippen LogP contribution in [0.25, 0.3) is 5.70 Å². The molecule has 4 N–H and O–H groups in total. The van der Waals surface area contributed by atoms with Crippen LogP contribution in [-0.4, -0.2) is 30.9 Å². The van der Waals surface area contributed by atoms with Crippen LogP contribution in [-0.2, 0) is 9.59 Å². The molecule has 0 radical (unpaired) electrons. The van der Waals surface area contributed by atoms with Crippen molar-refractivity contribution in [3.8, 4) is 11.5 Å². The summed E-state index contributed by atoms with van der Waals surface area (Å²) in [7, 11) is 0. The fourth-order valence-electron chi connectivity index (χ4n) is 3.36. The average Bonchev–Trinajstić information content (AvgIpc) is 2.75. The highest BCUT2D eigenvalue weighted by atomic mass is 79.9. The Bertz CT molecular complexity index is 1100. The third-order valence-corrected chi connectivity index (χ3v) is 6.78. The van der Waals surface area contributed by atoms with Crippen LogP contribution in [0.15, 0.2) is 50.9 Å². The summed E-state index contributed by atoms with van der Waals surface area (Å²) in [6.45, 7) is 3.23. The minimum Gasteiger partial charge on any atom is -0.490 e. The summed E-state index contributed by atoms with van der Waals surface area (Å²) in [5.41, 5.74) is 7.30. The number of carbonyl (C=O) groups is 3. The van der Waals surface area contributed by atoms with Crippen molar-refractivity contribution in [2.24, 2.45) is 5.73 Å². The number of benzene rings is 2. The van der Waals surface area contributed by atoms with Gasteiger partial charge in [0.2, 0.25) is 0 Å². The summed E-state index contributed by atoms with van der Waals surface area (Å²) in [6.07, 6.45) is 0. The molecule has 0 spiro atoms. The first-order valence-electron chi connectivity index (χ1n) is 9.68. The molecule has 10 heteroatoms. The van der Waals surface area contributed by atoms with E-state index in [1.54, 1.807) is 13.0 Å². The molecular formula is C22H21Br2N3O5. The number of hydrogen-bond donors (Lipinski definition) is 3. The van der Waals surface area contributed by atoms with Crippen molar-refractivity contribution in [2.75, 3.05) is 13.2 Å². The van der Waals surface area contributed by atoms with Crippen molar-refractivity contribution in [2.45, 2.75) is 19.9 Å². The zero-order valence-corrected chi connectivity index (χ0v) is 20.5. The highest BCUT2D eigenvalue weighted by molar-refractivity contribution is 9.13. The molecule has 1 atom stereocenters. The quantitative estimate of drug-likeness (QED) is 0.448. The van der Waals surface area contributed by atoms with E-state index in [0.29, 0.717) is 43.7 Å². The van der Waals surface area contributed by atoms with Gasteiger partial charge in [-0.2, -0.15) is 0 Å². The largest absolute Gasteiger partial charge is 0.490 e. The van der Waals surface area contributed by atoms with E-state index in [1.807, 2.05) is 30.3 Å². The predicted octanol–water partition coefficient (Wildman–Crippen LogP) is 3.83. The Morgan fingerprint density at radius 3 is 2.41 bits per heavy atom. The van der Waals surface area contributed by atoms with Crippen molar-refractivity contribution in [1.82, 2.24) is 10.6 Å². The van der Waals surface area contributed by atoms with E-state index >= 15 is 0 Å². The lowest BCUT2D eigenvalue weighted by Crippen LogP contribution is -2.45. The van der Waals surface area contributed by atoms with Gasteiger partial charge in [-0.05, 0) is 62.9 Å². The number of amides is 3. The first-order chi connectivity index (χ1) is 15.2. The molecule has 0 unspecified atom stereocenters. The first kappa shape index (κ1) is 23.8. The molecule has 32 heavy (non-hydrogen) atoms. The molecule has 0 aromatic heterocycles. The molecule has 2 aromatic carbocycles. The maximum atomic E-state index is 12.7. The lowest BCUT2D eigenvalue weighted by atomic mass is 9.90. The second kappa shape index (κ2) is 10.2. The van der Waals surface area contributed by atoms with E-state index in [4.69, 9.17) is 15.2 Å². The number of rotatable bonds is 8. The molecule has 1 aliphatic heterocycles. The van der Waals surface area contributed by atoms with Crippen molar-refractivity contribution < 1.29 is 23.9 Å². The molecule has 2 aromatic rings. The molecular weight excluding hydrogens is 546 g/mol. The number of carbonyl (C=O) groups excluding carboxylic acids is 3. The first-order valence-corrected chi connectivity index (χ1v) is 11.3. The third kappa shape index (κ3) is 4.97. The second-order valence-corrected chi connectivity index (χ2v) is 8.44. The van der Waals surface area contributed by atoms with Crippen LogP contribution in [0.5, 0.6) is 11.5 Å². The van der Waals surface area contributed by atoms with Crippen LogP contribution in [0.2, 0.25) is 0 Å². The van der Waals surface area contributed by atoms with Gasteiger partial charge < -0.3 is 25.8 Å². The number of nitrogens with two attached hydrogens (primary N) is 1. The van der Waals surface area contributed by atoms with Crippen molar-refractivity contribution >= 4 is 55.3 Å². The van der Waals surface area contributed by atoms with Crippen LogP contribution in [0.4, 0.5) is 4.79 Å². The molecule has 0 fully saturated rings. The summed E-state index contributed by atoms with van der Waals surface area (Å²) in [5, 5.41) is 5.58. The third-order valence-electron chi connectivity index (χ3n) is 4.64. The van der Waals surface area contributed by atoms with E-state index in [2.05, 4.69) is 42.5 Å². The molecule has 1 aliphatic rings. The highest BCUT2D eigenvalue weighted by Crippen LogP contribution is 2.46. The molecule has 0 saturated heterocycles. The van der Waals surface area contributed by atoms with Gasteiger partial charge >= 0.3 is 6.03 Å². The minimum atomic E-state index is -0.772. The SMILES string of the molecule is CCOc1cc([C@@H]2NC(=O)NC(c3ccccc3)=C2C(C)=O)c(Br)c(Br)c1OCC(N)=O.